The number of aryl methyl sites for hydroxylation is 1. The van der Waals surface area contributed by atoms with Crippen molar-refractivity contribution in [1.29, 1.82) is 0 Å². The Hall–Kier alpha value is -6.68. The number of anilines is 1. The topological polar surface area (TPSA) is 213 Å². The molecule has 0 saturated heterocycles. The molecule has 0 saturated carbocycles. The first-order valence-corrected chi connectivity index (χ1v) is 21.7. The Balaban J connectivity index is 1.56. The number of ether oxygens (including phenoxy) is 5. The summed E-state index contributed by atoms with van der Waals surface area (Å²) in [7, 11) is 1.42. The number of amides is 1. The monoisotopic (exact) mass is 904 g/mol. The van der Waals surface area contributed by atoms with Crippen LogP contribution in [0, 0.1) is 37.5 Å². The number of fused-ring (bicyclic) bond motifs is 14. The van der Waals surface area contributed by atoms with Gasteiger partial charge in [-0.1, -0.05) is 81.8 Å². The van der Waals surface area contributed by atoms with Gasteiger partial charge >= 0.3 is 17.7 Å². The first-order chi connectivity index (χ1) is 31.2. The van der Waals surface area contributed by atoms with E-state index < -0.39 is 106 Å². The number of Topliss-reactive ketones (excluding diaryl/α,β-unsaturated/α-hetero) is 3. The molecule has 4 N–H and O–H groups in total. The van der Waals surface area contributed by atoms with Gasteiger partial charge in [0, 0.05) is 61.5 Å². The van der Waals surface area contributed by atoms with Crippen LogP contribution in [0.15, 0.2) is 102 Å². The SMILES string of the molecule is CO[C@H]1C=CO[C@@]2(C)Oc3c(C)c(OC(=O)c4ccccc4)c4c(c3C2=O)C(=O)C(Nc2ccc(C)cc2)=C(NC(=O)C(C)=CC=C[C@H](C)[C@H](O)[C@@H](C)[C@H](O)[C@H](C)[C@H](OC(C)=O)[C@@H]1C)C4=O. The van der Waals surface area contributed by atoms with E-state index in [0.29, 0.717) is 5.69 Å². The average molecular weight is 905 g/mol. The summed E-state index contributed by atoms with van der Waals surface area (Å²) in [5.41, 5.74) is -0.606. The zero-order chi connectivity index (χ0) is 48.4. The van der Waals surface area contributed by atoms with E-state index in [1.165, 1.54) is 59.1 Å². The molecule has 4 aliphatic rings. The normalized spacial score (nSPS) is 27.1. The molecule has 7 rings (SSSR count). The average Bonchev–Trinajstić information content (AvgIpc) is 3.56. The molecule has 9 atom stereocenters. The van der Waals surface area contributed by atoms with Crippen molar-refractivity contribution in [2.45, 2.75) is 92.5 Å². The molecule has 3 heterocycles. The molecule has 0 unspecified atom stereocenters. The number of esters is 2. The third-order valence-corrected chi connectivity index (χ3v) is 12.5. The lowest BCUT2D eigenvalue weighted by Gasteiger charge is -2.38. The van der Waals surface area contributed by atoms with E-state index in [1.54, 1.807) is 82.3 Å². The van der Waals surface area contributed by atoms with Crippen molar-refractivity contribution in [3.05, 3.63) is 136 Å². The second-order valence-electron chi connectivity index (χ2n) is 17.3. The van der Waals surface area contributed by atoms with E-state index in [9.17, 15) is 29.4 Å². The van der Waals surface area contributed by atoms with Gasteiger partial charge in [-0.2, -0.15) is 0 Å². The lowest BCUT2D eigenvalue weighted by molar-refractivity contribution is -0.160. The number of allylic oxidation sites excluding steroid dienone is 4. The van der Waals surface area contributed by atoms with Crippen LogP contribution in [0.3, 0.4) is 0 Å². The highest BCUT2D eigenvalue weighted by Crippen LogP contribution is 2.49. The summed E-state index contributed by atoms with van der Waals surface area (Å²) in [6, 6.07) is 14.8. The second kappa shape index (κ2) is 19.8. The first-order valence-electron chi connectivity index (χ1n) is 21.7. The maximum absolute atomic E-state index is 15.2. The van der Waals surface area contributed by atoms with Crippen LogP contribution in [0.4, 0.5) is 5.69 Å². The number of carbonyl (C=O) groups is 6. The first kappa shape index (κ1) is 48.8. The second-order valence-corrected chi connectivity index (χ2v) is 17.3. The number of carbonyl (C=O) groups excluding carboxylic acids is 6. The summed E-state index contributed by atoms with van der Waals surface area (Å²) in [5, 5.41) is 28.6. The zero-order valence-electron chi connectivity index (χ0n) is 38.6. The van der Waals surface area contributed by atoms with Crippen molar-refractivity contribution >= 4 is 40.9 Å². The van der Waals surface area contributed by atoms with Crippen molar-refractivity contribution in [2.24, 2.45) is 23.7 Å². The molecule has 0 aromatic heterocycles. The quantitative estimate of drug-likeness (QED) is 0.147. The van der Waals surface area contributed by atoms with Gasteiger partial charge in [0.25, 0.3) is 11.7 Å². The molecular formula is C51H56N2O13. The van der Waals surface area contributed by atoms with Gasteiger partial charge in [0.15, 0.2) is 0 Å². The van der Waals surface area contributed by atoms with Gasteiger partial charge in [-0.25, -0.2) is 4.79 Å². The molecular weight excluding hydrogens is 849 g/mol. The van der Waals surface area contributed by atoms with Crippen LogP contribution in [0.1, 0.15) is 101 Å². The Labute approximate surface area is 383 Å². The van der Waals surface area contributed by atoms with Crippen molar-refractivity contribution in [1.82, 2.24) is 5.32 Å². The predicted molar refractivity (Wildman–Crippen MR) is 243 cm³/mol. The van der Waals surface area contributed by atoms with E-state index in [4.69, 9.17) is 23.7 Å². The van der Waals surface area contributed by atoms with Gasteiger partial charge in [0.2, 0.25) is 11.6 Å². The Kier molecular flexibility index (Phi) is 14.6. The van der Waals surface area contributed by atoms with Gasteiger partial charge in [0.05, 0.1) is 46.8 Å². The summed E-state index contributed by atoms with van der Waals surface area (Å²) >= 11 is 0. The van der Waals surface area contributed by atoms with Gasteiger partial charge in [0.1, 0.15) is 29.0 Å². The molecule has 1 amide bonds. The highest BCUT2D eigenvalue weighted by atomic mass is 16.7. The Morgan fingerprint density at radius 2 is 1.48 bits per heavy atom. The van der Waals surface area contributed by atoms with Crippen molar-refractivity contribution in [3.63, 3.8) is 0 Å². The van der Waals surface area contributed by atoms with Crippen molar-refractivity contribution in [3.8, 4) is 11.5 Å². The Bertz CT molecular complexity index is 2560. The fourth-order valence-corrected chi connectivity index (χ4v) is 8.43. The molecule has 3 aromatic carbocycles. The highest BCUT2D eigenvalue weighted by molar-refractivity contribution is 6.33. The summed E-state index contributed by atoms with van der Waals surface area (Å²) in [4.78, 5) is 85.3. The number of aliphatic hydroxyl groups excluding tert-OH is 2. The zero-order valence-corrected chi connectivity index (χ0v) is 38.6. The molecule has 1 aliphatic carbocycles. The van der Waals surface area contributed by atoms with E-state index >= 15 is 9.59 Å². The van der Waals surface area contributed by atoms with Crippen molar-refractivity contribution in [2.75, 3.05) is 12.4 Å². The number of methoxy groups -OCH3 is 1. The van der Waals surface area contributed by atoms with Crippen LogP contribution in [-0.2, 0) is 23.8 Å². The van der Waals surface area contributed by atoms with E-state index in [1.807, 2.05) is 6.92 Å². The smallest absolute Gasteiger partial charge is 0.343 e. The number of hydrogen-bond donors (Lipinski definition) is 4. The van der Waals surface area contributed by atoms with E-state index in [2.05, 4.69) is 10.6 Å². The van der Waals surface area contributed by atoms with Crippen LogP contribution in [-0.4, -0.2) is 82.7 Å². The summed E-state index contributed by atoms with van der Waals surface area (Å²) < 4.78 is 29.9. The fourth-order valence-electron chi connectivity index (χ4n) is 8.43. The van der Waals surface area contributed by atoms with Crippen LogP contribution in [0.25, 0.3) is 0 Å². The Morgan fingerprint density at radius 1 is 0.818 bits per heavy atom. The third-order valence-electron chi connectivity index (χ3n) is 12.5. The maximum Gasteiger partial charge on any atom is 0.343 e. The van der Waals surface area contributed by atoms with Crippen LogP contribution in [0.5, 0.6) is 11.5 Å². The molecule has 5 bridgehead atoms. The van der Waals surface area contributed by atoms with Crippen LogP contribution in [0.2, 0.25) is 0 Å². The molecule has 15 nitrogen and oxygen atoms in total. The number of benzene rings is 3. The minimum atomic E-state index is -2.17. The predicted octanol–water partition coefficient (Wildman–Crippen LogP) is 6.89. The lowest BCUT2D eigenvalue weighted by atomic mass is 9.78. The molecule has 66 heavy (non-hydrogen) atoms. The van der Waals surface area contributed by atoms with E-state index in [-0.39, 0.29) is 39.5 Å². The molecule has 15 heteroatoms. The summed E-state index contributed by atoms with van der Waals surface area (Å²) in [6.45, 7) is 14.2. The Morgan fingerprint density at radius 3 is 2.12 bits per heavy atom. The molecule has 3 aromatic rings. The van der Waals surface area contributed by atoms with Crippen molar-refractivity contribution < 1.29 is 62.7 Å². The third kappa shape index (κ3) is 9.64. The van der Waals surface area contributed by atoms with Crippen LogP contribution < -0.4 is 20.1 Å². The van der Waals surface area contributed by atoms with E-state index in [0.717, 1.165) is 11.8 Å². The summed E-state index contributed by atoms with van der Waals surface area (Å²) in [5.74, 6) is -10.4. The minimum Gasteiger partial charge on any atom is -0.462 e. The number of aliphatic hydroxyl groups is 2. The van der Waals surface area contributed by atoms with Gasteiger partial charge in [-0.05, 0) is 51.1 Å². The van der Waals surface area contributed by atoms with Gasteiger partial charge in [-0.15, -0.1) is 0 Å². The molecule has 0 fully saturated rings. The molecule has 0 spiro atoms. The number of rotatable bonds is 6. The largest absolute Gasteiger partial charge is 0.462 e. The standard InChI is InChI=1S/C51H56N2O13/c1-25-19-21-34(22-20-25)52-39-40-44(58)37-36(43(39)57)38-47(31(7)46(37)65-50(61)33-17-12-11-13-18-33)66-51(9,48(38)59)63-24-23-35(62-10)28(4)45(64-32(8)54)30(6)42(56)29(5)41(55)26(2)15-14-16-27(3)49(60)53-40/h11-24,26,28-30,35,41-42,45,52,55-56H,1-10H3,(H,53,60)/t26-,28+,29+,30-,35-,41-,42-,45+,51-/m0/s1. The minimum absolute atomic E-state index is 0.0110. The molecule has 3 aliphatic heterocycles. The highest BCUT2D eigenvalue weighted by Gasteiger charge is 2.53. The summed E-state index contributed by atoms with van der Waals surface area (Å²) in [6.07, 6.45) is 3.22. The number of hydrogen-bond acceptors (Lipinski definition) is 14. The number of nitrogens with one attached hydrogen (secondary N) is 2. The van der Waals surface area contributed by atoms with Gasteiger partial charge in [-0.3, -0.25) is 24.0 Å². The lowest BCUT2D eigenvalue weighted by Crippen LogP contribution is -2.46. The van der Waals surface area contributed by atoms with Crippen LogP contribution >= 0.6 is 0 Å². The van der Waals surface area contributed by atoms with Gasteiger partial charge < -0.3 is 44.5 Å². The number of ketones is 3. The fraction of sp³-hybridized carbons (Fsp3) is 0.373. The molecule has 0 radical (unpaired) electrons. The maximum atomic E-state index is 15.2. The molecule has 348 valence electrons.